The molecule has 1 aromatic rings. The van der Waals surface area contributed by atoms with Gasteiger partial charge in [-0.15, -0.1) is 0 Å². The molecule has 2 saturated heterocycles. The molecule has 0 amide bonds. The number of aliphatic imine (C=N–C) groups is 2. The summed E-state index contributed by atoms with van der Waals surface area (Å²) in [5.74, 6) is 0.226. The minimum absolute atomic E-state index is 0.225. The van der Waals surface area contributed by atoms with E-state index >= 15 is 0 Å². The minimum atomic E-state index is -0.695. The Morgan fingerprint density at radius 1 is 1.31 bits per heavy atom. The molecular formula is C23H26N4O2. The molecule has 6 rings (SSSR count). The van der Waals surface area contributed by atoms with E-state index in [0.29, 0.717) is 18.5 Å². The Morgan fingerprint density at radius 2 is 2.14 bits per heavy atom. The lowest BCUT2D eigenvalue weighted by Crippen LogP contribution is -2.73. The van der Waals surface area contributed by atoms with E-state index < -0.39 is 11.1 Å². The van der Waals surface area contributed by atoms with Crippen molar-refractivity contribution in [3.63, 3.8) is 0 Å². The van der Waals surface area contributed by atoms with Gasteiger partial charge in [0.05, 0.1) is 18.5 Å². The second kappa shape index (κ2) is 5.40. The zero-order valence-electron chi connectivity index (χ0n) is 17.2. The van der Waals surface area contributed by atoms with Crippen LogP contribution in [-0.2, 0) is 15.1 Å². The van der Waals surface area contributed by atoms with E-state index in [9.17, 15) is 0 Å². The van der Waals surface area contributed by atoms with Crippen molar-refractivity contribution in [2.24, 2.45) is 21.3 Å². The lowest BCUT2D eigenvalue weighted by molar-refractivity contribution is -0.0937. The molecule has 4 heterocycles. The van der Waals surface area contributed by atoms with Gasteiger partial charge in [-0.2, -0.15) is 4.99 Å². The van der Waals surface area contributed by atoms with Crippen LogP contribution in [0.4, 0.5) is 5.69 Å². The summed E-state index contributed by atoms with van der Waals surface area (Å²) < 4.78 is 12.1. The van der Waals surface area contributed by atoms with Crippen LogP contribution in [0, 0.1) is 17.9 Å². The molecule has 29 heavy (non-hydrogen) atoms. The molecule has 5 unspecified atom stereocenters. The summed E-state index contributed by atoms with van der Waals surface area (Å²) in [4.78, 5) is 16.8. The summed E-state index contributed by atoms with van der Waals surface area (Å²) in [7, 11) is 1.61. The van der Waals surface area contributed by atoms with Crippen molar-refractivity contribution in [3.8, 4) is 0 Å². The van der Waals surface area contributed by atoms with Crippen LogP contribution in [0.25, 0.3) is 4.85 Å². The van der Waals surface area contributed by atoms with E-state index in [4.69, 9.17) is 26.0 Å². The van der Waals surface area contributed by atoms with Crippen LogP contribution < -0.4 is 0 Å². The molecule has 6 nitrogen and oxygen atoms in total. The molecule has 2 spiro atoms. The summed E-state index contributed by atoms with van der Waals surface area (Å²) in [6.07, 6.45) is 4.05. The third-order valence-electron chi connectivity index (χ3n) is 8.12. The first-order chi connectivity index (χ1) is 14.0. The van der Waals surface area contributed by atoms with Gasteiger partial charge in [0.1, 0.15) is 0 Å². The number of benzene rings is 1. The number of hydrogen-bond donors (Lipinski definition) is 0. The molecule has 6 heteroatoms. The zero-order valence-corrected chi connectivity index (χ0v) is 17.2. The van der Waals surface area contributed by atoms with E-state index in [2.05, 4.69) is 35.7 Å². The van der Waals surface area contributed by atoms with Crippen LogP contribution in [0.2, 0.25) is 0 Å². The Morgan fingerprint density at radius 3 is 2.93 bits per heavy atom. The molecular weight excluding hydrogens is 364 g/mol. The second-order valence-corrected chi connectivity index (χ2v) is 9.70. The fourth-order valence-electron chi connectivity index (χ4n) is 7.10. The Bertz CT molecular complexity index is 1010. The highest BCUT2D eigenvalue weighted by Crippen LogP contribution is 2.65. The van der Waals surface area contributed by atoms with Gasteiger partial charge in [0.25, 0.3) is 0 Å². The van der Waals surface area contributed by atoms with E-state index in [1.807, 2.05) is 12.1 Å². The molecule has 1 saturated carbocycles. The van der Waals surface area contributed by atoms with E-state index in [1.54, 1.807) is 7.11 Å². The third-order valence-corrected chi connectivity index (χ3v) is 8.12. The van der Waals surface area contributed by atoms with E-state index in [0.717, 1.165) is 36.3 Å². The van der Waals surface area contributed by atoms with Gasteiger partial charge in [0.15, 0.2) is 11.1 Å². The third kappa shape index (κ3) is 1.90. The summed E-state index contributed by atoms with van der Waals surface area (Å²) in [6, 6.07) is 8.71. The highest BCUT2D eigenvalue weighted by molar-refractivity contribution is 6.06. The topological polar surface area (TPSA) is 50.8 Å². The molecule has 5 aliphatic rings. The van der Waals surface area contributed by atoms with Crippen LogP contribution in [0.15, 0.2) is 34.3 Å². The van der Waals surface area contributed by atoms with Crippen molar-refractivity contribution in [1.82, 2.24) is 4.90 Å². The van der Waals surface area contributed by atoms with Gasteiger partial charge in [0, 0.05) is 35.9 Å². The van der Waals surface area contributed by atoms with Crippen LogP contribution in [0.5, 0.6) is 0 Å². The Balaban J connectivity index is 1.64. The molecule has 5 atom stereocenters. The maximum Gasteiger partial charge on any atom is 0.385 e. The molecule has 4 aliphatic heterocycles. The van der Waals surface area contributed by atoms with Crippen molar-refractivity contribution < 1.29 is 9.47 Å². The number of hydrogen-bond acceptors (Lipinski definition) is 5. The highest BCUT2D eigenvalue weighted by atomic mass is 16.7. The second-order valence-electron chi connectivity index (χ2n) is 9.70. The number of piperidine rings is 1. The Hall–Kier alpha value is -2.39. The maximum absolute atomic E-state index is 8.18. The monoisotopic (exact) mass is 390 g/mol. The van der Waals surface area contributed by atoms with Crippen LogP contribution in [0.3, 0.4) is 0 Å². The number of fused-ring (bicyclic) bond motifs is 2. The largest absolute Gasteiger partial charge is 0.454 e. The number of rotatable bonds is 0. The SMILES string of the molecule is [C-]#[N+]C1N2CCCC2CC2C(C)(C)C3=Nc4ccccc4C34CC12N=C(OC)O4. The highest BCUT2D eigenvalue weighted by Gasteiger charge is 2.75. The van der Waals surface area contributed by atoms with E-state index in [1.165, 1.54) is 6.42 Å². The lowest BCUT2D eigenvalue weighted by atomic mass is 9.49. The molecule has 0 N–H and O–H groups in total. The van der Waals surface area contributed by atoms with Crippen molar-refractivity contribution in [1.29, 1.82) is 0 Å². The molecule has 3 fully saturated rings. The van der Waals surface area contributed by atoms with Crippen LogP contribution in [-0.4, -0.2) is 48.1 Å². The number of ether oxygens (including phenoxy) is 2. The first-order valence-corrected chi connectivity index (χ1v) is 10.6. The summed E-state index contributed by atoms with van der Waals surface area (Å²) in [5, 5.41) is 0. The molecule has 0 radical (unpaired) electrons. The zero-order chi connectivity index (χ0) is 20.0. The normalized spacial score (nSPS) is 41.0. The first kappa shape index (κ1) is 17.5. The van der Waals surface area contributed by atoms with Crippen molar-refractivity contribution in [3.05, 3.63) is 41.2 Å². The van der Waals surface area contributed by atoms with Crippen LogP contribution >= 0.6 is 0 Å². The summed E-state index contributed by atoms with van der Waals surface area (Å²) in [5.41, 5.74) is 1.66. The Labute approximate surface area is 171 Å². The lowest BCUT2D eigenvalue weighted by Gasteiger charge is -2.61. The predicted octanol–water partition coefficient (Wildman–Crippen LogP) is 3.90. The van der Waals surface area contributed by atoms with Crippen molar-refractivity contribution in [2.75, 3.05) is 13.7 Å². The number of para-hydroxylation sites is 1. The molecule has 0 aromatic heterocycles. The molecule has 1 aromatic carbocycles. The average molecular weight is 390 g/mol. The van der Waals surface area contributed by atoms with Gasteiger partial charge in [-0.05, 0) is 25.3 Å². The minimum Gasteiger partial charge on any atom is -0.454 e. The van der Waals surface area contributed by atoms with Gasteiger partial charge in [-0.3, -0.25) is 9.84 Å². The van der Waals surface area contributed by atoms with Gasteiger partial charge < -0.3 is 9.47 Å². The number of methoxy groups -OCH3 is 1. The standard InChI is InChI=1S/C23H26N4O2/c1-21(2)17-12-14-8-7-11-27(14)19(24-3)22(17)13-23(29-20(26-22)28-4)15-9-5-6-10-16(15)25-18(21)23/h5-6,9-10,14,17,19H,7-8,11-13H2,1-2,4H3. The predicted molar refractivity (Wildman–Crippen MR) is 110 cm³/mol. The smallest absolute Gasteiger partial charge is 0.385 e. The summed E-state index contributed by atoms with van der Waals surface area (Å²) in [6.45, 7) is 13.7. The maximum atomic E-state index is 8.18. The van der Waals surface area contributed by atoms with Gasteiger partial charge >= 0.3 is 12.2 Å². The molecule has 1 aliphatic carbocycles. The first-order valence-electron chi connectivity index (χ1n) is 10.6. The van der Waals surface area contributed by atoms with Crippen molar-refractivity contribution >= 4 is 17.5 Å². The average Bonchev–Trinajstić information content (AvgIpc) is 3.30. The quantitative estimate of drug-likeness (QED) is 0.632. The Kier molecular flexibility index (Phi) is 3.25. The molecule has 150 valence electrons. The fraction of sp³-hybridized carbons (Fsp3) is 0.609. The van der Waals surface area contributed by atoms with Gasteiger partial charge in [-0.25, -0.2) is 11.5 Å². The summed E-state index contributed by atoms with van der Waals surface area (Å²) >= 11 is 0. The molecule has 2 bridgehead atoms. The van der Waals surface area contributed by atoms with E-state index in [-0.39, 0.29) is 17.5 Å². The van der Waals surface area contributed by atoms with Crippen LogP contribution in [0.1, 0.15) is 45.1 Å². The fourth-order valence-corrected chi connectivity index (χ4v) is 7.10. The van der Waals surface area contributed by atoms with Crippen molar-refractivity contribution in [2.45, 2.75) is 62.9 Å². The van der Waals surface area contributed by atoms with Gasteiger partial charge in [0.2, 0.25) is 0 Å². The number of nitrogens with zero attached hydrogens (tertiary/aromatic N) is 4. The van der Waals surface area contributed by atoms with Gasteiger partial charge in [-0.1, -0.05) is 32.0 Å².